The number of thiophene rings is 1. The van der Waals surface area contributed by atoms with Gasteiger partial charge in [-0.3, -0.25) is 4.79 Å². The van der Waals surface area contributed by atoms with Crippen molar-refractivity contribution in [2.24, 2.45) is 0 Å². The largest absolute Gasteiger partial charge is 0.335 e. The highest BCUT2D eigenvalue weighted by atomic mass is 32.2. The highest BCUT2D eigenvalue weighted by Crippen LogP contribution is 2.22. The predicted octanol–water partition coefficient (Wildman–Crippen LogP) is 0.913. The molecule has 0 aliphatic carbocycles. The smallest absolute Gasteiger partial charge is 0.277 e. The third-order valence-electron chi connectivity index (χ3n) is 5.08. The molecule has 1 N–H and O–H groups in total. The fraction of sp³-hybridized carbons (Fsp3) is 0.450. The number of piperazine rings is 1. The number of nitrogens with one attached hydrogen (secondary N) is 1. The predicted molar refractivity (Wildman–Crippen MR) is 111 cm³/mol. The van der Waals surface area contributed by atoms with Crippen molar-refractivity contribution in [2.75, 3.05) is 39.8 Å². The van der Waals surface area contributed by atoms with Crippen molar-refractivity contribution in [1.82, 2.24) is 9.21 Å². The minimum atomic E-state index is -3.52. The molecule has 1 unspecified atom stereocenters. The third-order valence-corrected chi connectivity index (χ3v) is 7.87. The van der Waals surface area contributed by atoms with Crippen LogP contribution in [0.25, 0.3) is 0 Å². The van der Waals surface area contributed by atoms with Crippen molar-refractivity contribution in [3.63, 3.8) is 0 Å². The van der Waals surface area contributed by atoms with Crippen molar-refractivity contribution < 1.29 is 18.1 Å². The summed E-state index contributed by atoms with van der Waals surface area (Å²) in [6.45, 7) is 6.56. The second kappa shape index (κ2) is 8.73. The first-order valence-electron chi connectivity index (χ1n) is 9.45. The molecule has 6 nitrogen and oxygen atoms in total. The molecule has 0 radical (unpaired) electrons. The van der Waals surface area contributed by atoms with Crippen molar-refractivity contribution in [2.45, 2.75) is 25.3 Å². The van der Waals surface area contributed by atoms with E-state index in [-0.39, 0.29) is 5.91 Å². The zero-order valence-electron chi connectivity index (χ0n) is 16.6. The van der Waals surface area contributed by atoms with E-state index in [9.17, 15) is 13.2 Å². The molecule has 1 aromatic carbocycles. The first-order chi connectivity index (χ1) is 13.3. The van der Waals surface area contributed by atoms with Crippen LogP contribution in [0.3, 0.4) is 0 Å². The van der Waals surface area contributed by atoms with Gasteiger partial charge in [0.2, 0.25) is 10.0 Å². The van der Waals surface area contributed by atoms with Crippen molar-refractivity contribution >= 4 is 27.3 Å². The SMILES string of the molecule is Cc1ccc(S(=O)(=O)N2CCN(C(=O)C[NH+](C)Cc3ccsc3)CC2)c(C)c1. The number of likely N-dealkylation sites (N-methyl/N-ethyl adjacent to an activating group) is 1. The van der Waals surface area contributed by atoms with Crippen LogP contribution < -0.4 is 4.90 Å². The van der Waals surface area contributed by atoms with Gasteiger partial charge in [-0.15, -0.1) is 0 Å². The lowest BCUT2D eigenvalue weighted by molar-refractivity contribution is -0.885. The van der Waals surface area contributed by atoms with E-state index >= 15 is 0 Å². The van der Waals surface area contributed by atoms with Crippen LogP contribution in [0.15, 0.2) is 39.9 Å². The van der Waals surface area contributed by atoms with Crippen LogP contribution >= 0.6 is 11.3 Å². The summed E-state index contributed by atoms with van der Waals surface area (Å²) in [6, 6.07) is 7.47. The highest BCUT2D eigenvalue weighted by Gasteiger charge is 2.31. The third kappa shape index (κ3) is 4.81. The van der Waals surface area contributed by atoms with Crippen LogP contribution in [-0.4, -0.2) is 63.3 Å². The maximum absolute atomic E-state index is 13.0. The summed E-state index contributed by atoms with van der Waals surface area (Å²) in [5.74, 6) is 0.0799. The van der Waals surface area contributed by atoms with Gasteiger partial charge in [-0.05, 0) is 42.3 Å². The number of rotatable bonds is 6. The summed E-state index contributed by atoms with van der Waals surface area (Å²) in [4.78, 5) is 15.9. The van der Waals surface area contributed by atoms with Crippen molar-refractivity contribution in [1.29, 1.82) is 0 Å². The Hall–Kier alpha value is -1.74. The van der Waals surface area contributed by atoms with Gasteiger partial charge in [0.25, 0.3) is 5.91 Å². The Morgan fingerprint density at radius 2 is 1.86 bits per heavy atom. The van der Waals surface area contributed by atoms with Gasteiger partial charge in [0.05, 0.1) is 11.9 Å². The summed E-state index contributed by atoms with van der Waals surface area (Å²) in [5, 5.41) is 4.14. The number of quaternary nitrogens is 1. The Kier molecular flexibility index (Phi) is 6.54. The average Bonchev–Trinajstić information content (AvgIpc) is 3.14. The summed E-state index contributed by atoms with van der Waals surface area (Å²) < 4.78 is 27.4. The van der Waals surface area contributed by atoms with Gasteiger partial charge in [0.1, 0.15) is 6.54 Å². The van der Waals surface area contributed by atoms with Crippen LogP contribution in [0.2, 0.25) is 0 Å². The normalized spacial score (nSPS) is 16.9. The number of aryl methyl sites for hydroxylation is 2. The van der Waals surface area contributed by atoms with Gasteiger partial charge < -0.3 is 9.80 Å². The first-order valence-corrected chi connectivity index (χ1v) is 11.8. The van der Waals surface area contributed by atoms with E-state index in [1.807, 2.05) is 38.4 Å². The zero-order valence-corrected chi connectivity index (χ0v) is 18.3. The molecule has 0 spiro atoms. The van der Waals surface area contributed by atoms with Crippen LogP contribution in [0.4, 0.5) is 0 Å². The van der Waals surface area contributed by atoms with Crippen LogP contribution in [-0.2, 0) is 21.4 Å². The van der Waals surface area contributed by atoms with E-state index in [2.05, 4.69) is 11.4 Å². The van der Waals surface area contributed by atoms with Gasteiger partial charge in [0.15, 0.2) is 6.54 Å². The maximum Gasteiger partial charge on any atom is 0.277 e. The molecule has 152 valence electrons. The van der Waals surface area contributed by atoms with Gasteiger partial charge >= 0.3 is 0 Å². The summed E-state index contributed by atoms with van der Waals surface area (Å²) in [5.41, 5.74) is 3.04. The van der Waals surface area contributed by atoms with E-state index < -0.39 is 10.0 Å². The Bertz CT molecular complexity index is 918. The quantitative estimate of drug-likeness (QED) is 0.753. The van der Waals surface area contributed by atoms with Crippen LogP contribution in [0.5, 0.6) is 0 Å². The van der Waals surface area contributed by atoms with Gasteiger partial charge in [-0.25, -0.2) is 8.42 Å². The molecule has 1 fully saturated rings. The molecule has 0 saturated carbocycles. The minimum absolute atomic E-state index is 0.0799. The van der Waals surface area contributed by atoms with E-state index in [4.69, 9.17) is 0 Å². The van der Waals surface area contributed by atoms with Crippen molar-refractivity contribution in [3.05, 3.63) is 51.7 Å². The molecule has 2 aromatic rings. The first kappa shape index (κ1) is 21.0. The lowest BCUT2D eigenvalue weighted by Crippen LogP contribution is -3.08. The van der Waals surface area contributed by atoms with Crippen molar-refractivity contribution in [3.8, 4) is 0 Å². The summed E-state index contributed by atoms with van der Waals surface area (Å²) in [7, 11) is -1.51. The number of carbonyl (C=O) groups is 1. The van der Waals surface area contributed by atoms with Gasteiger partial charge in [0, 0.05) is 31.7 Å². The van der Waals surface area contributed by atoms with Gasteiger partial charge in [-0.2, -0.15) is 15.6 Å². The molecular formula is C20H28N3O3S2+. The number of sulfonamides is 1. The fourth-order valence-electron chi connectivity index (χ4n) is 3.58. The minimum Gasteiger partial charge on any atom is -0.335 e. The second-order valence-corrected chi connectivity index (χ2v) is 10.2. The average molecular weight is 423 g/mol. The zero-order chi connectivity index (χ0) is 20.3. The maximum atomic E-state index is 13.0. The van der Waals surface area contributed by atoms with E-state index in [0.717, 1.165) is 22.6 Å². The van der Waals surface area contributed by atoms with Crippen LogP contribution in [0.1, 0.15) is 16.7 Å². The van der Waals surface area contributed by atoms with E-state index in [0.29, 0.717) is 37.6 Å². The monoisotopic (exact) mass is 422 g/mol. The molecule has 28 heavy (non-hydrogen) atoms. The second-order valence-electron chi connectivity index (χ2n) is 7.50. The number of amides is 1. The summed E-state index contributed by atoms with van der Waals surface area (Å²) >= 11 is 1.66. The molecular weight excluding hydrogens is 394 g/mol. The molecule has 1 saturated heterocycles. The Balaban J connectivity index is 1.56. The Labute approximate surface area is 171 Å². The molecule has 1 aromatic heterocycles. The number of carbonyl (C=O) groups excluding carboxylic acids is 1. The highest BCUT2D eigenvalue weighted by molar-refractivity contribution is 7.89. The molecule has 3 rings (SSSR count). The topological polar surface area (TPSA) is 62.1 Å². The molecule has 1 aliphatic rings. The summed E-state index contributed by atoms with van der Waals surface area (Å²) in [6.07, 6.45) is 0. The number of nitrogens with zero attached hydrogens (tertiary/aromatic N) is 2. The lowest BCUT2D eigenvalue weighted by atomic mass is 10.2. The standard InChI is InChI=1S/C20H27N3O3S2/c1-16-4-5-19(17(2)12-16)28(25,26)23-9-7-22(8-10-23)20(24)14-21(3)13-18-6-11-27-15-18/h4-6,11-12,15H,7-10,13-14H2,1-3H3/p+1. The van der Waals surface area contributed by atoms with Gasteiger partial charge in [-0.1, -0.05) is 17.7 Å². The number of benzene rings is 1. The number of hydrogen-bond donors (Lipinski definition) is 1. The van der Waals surface area contributed by atoms with Crippen LogP contribution in [0, 0.1) is 13.8 Å². The number of hydrogen-bond acceptors (Lipinski definition) is 4. The molecule has 1 aliphatic heterocycles. The molecule has 1 amide bonds. The van der Waals surface area contributed by atoms with E-state index in [1.165, 1.54) is 9.87 Å². The molecule has 2 heterocycles. The molecule has 8 heteroatoms. The fourth-order valence-corrected chi connectivity index (χ4v) is 5.88. The lowest BCUT2D eigenvalue weighted by Gasteiger charge is -2.34. The molecule has 0 bridgehead atoms. The van der Waals surface area contributed by atoms with E-state index in [1.54, 1.807) is 22.3 Å². The molecule has 1 atom stereocenters. The Morgan fingerprint density at radius 1 is 1.14 bits per heavy atom. The Morgan fingerprint density at radius 3 is 2.46 bits per heavy atom.